The molecule has 18 nitrogen and oxygen atoms in total. The number of ether oxygens (including phenoxy) is 3. The van der Waals surface area contributed by atoms with Crippen molar-refractivity contribution in [1.82, 2.24) is 10.3 Å². The lowest BCUT2D eigenvalue weighted by molar-refractivity contribution is -0.383. The van der Waals surface area contributed by atoms with E-state index in [1.165, 1.54) is 6.07 Å². The molecule has 1 aliphatic heterocycles. The summed E-state index contributed by atoms with van der Waals surface area (Å²) in [7, 11) is -4.56. The molecular formula is C27H42N4O14S. The first-order valence-electron chi connectivity index (χ1n) is 15.1. The minimum Gasteiger partial charge on any atom is -0.463 e. The molecule has 1 saturated heterocycles. The van der Waals surface area contributed by atoms with Gasteiger partial charge in [0.15, 0.2) is 11.8 Å². The van der Waals surface area contributed by atoms with Gasteiger partial charge in [-0.25, -0.2) is 4.63 Å². The van der Waals surface area contributed by atoms with Gasteiger partial charge in [-0.05, 0) is 29.2 Å². The fraction of sp³-hybridized carbons (Fsp3) is 0.741. The average molecular weight is 679 g/mol. The van der Waals surface area contributed by atoms with E-state index in [9.17, 15) is 43.8 Å². The second-order valence-corrected chi connectivity index (χ2v) is 12.6. The molecule has 0 saturated carbocycles. The number of fused-ring (bicyclic) bond motifs is 1. The lowest BCUT2D eigenvalue weighted by Crippen LogP contribution is -2.60. The van der Waals surface area contributed by atoms with Gasteiger partial charge in [0.05, 0.1) is 17.2 Å². The number of aliphatic hydroxyl groups excluding tert-OH is 4. The summed E-state index contributed by atoms with van der Waals surface area (Å²) in [4.78, 5) is 22.5. The Hall–Kier alpha value is -3.04. The number of aliphatic hydroxyl groups is 4. The Morgan fingerprint density at radius 1 is 0.957 bits per heavy atom. The molecular weight excluding hydrogens is 636 g/mol. The van der Waals surface area contributed by atoms with Crippen molar-refractivity contribution in [2.45, 2.75) is 101 Å². The number of nitrogens with zero attached hydrogens (tertiary/aromatic N) is 3. The van der Waals surface area contributed by atoms with E-state index < -0.39 is 76.8 Å². The van der Waals surface area contributed by atoms with Gasteiger partial charge >= 0.3 is 11.7 Å². The first kappa shape index (κ1) is 37.4. The summed E-state index contributed by atoms with van der Waals surface area (Å²) < 4.78 is 51.2. The van der Waals surface area contributed by atoms with E-state index in [0.29, 0.717) is 24.2 Å². The van der Waals surface area contributed by atoms with Crippen LogP contribution in [0.1, 0.15) is 64.2 Å². The average Bonchev–Trinajstić information content (AvgIpc) is 3.50. The van der Waals surface area contributed by atoms with Crippen molar-refractivity contribution < 1.29 is 62.0 Å². The zero-order valence-electron chi connectivity index (χ0n) is 25.2. The van der Waals surface area contributed by atoms with Crippen molar-refractivity contribution in [3.63, 3.8) is 0 Å². The summed E-state index contributed by atoms with van der Waals surface area (Å²) in [5.74, 6) is -1.54. The van der Waals surface area contributed by atoms with Gasteiger partial charge in [-0.2, -0.15) is 8.42 Å². The number of carbonyl (C=O) groups is 1. The number of esters is 1. The zero-order valence-corrected chi connectivity index (χ0v) is 26.0. The molecule has 0 aliphatic carbocycles. The molecule has 1 unspecified atom stereocenters. The molecule has 19 heteroatoms. The number of nitro benzene ring substituents is 1. The third kappa shape index (κ3) is 12.0. The number of nitrogens with one attached hydrogen (secondary N) is 1. The molecule has 1 aromatic carbocycles. The Labute approximate surface area is 264 Å². The Morgan fingerprint density at radius 2 is 1.59 bits per heavy atom. The molecule has 3 rings (SSSR count). The van der Waals surface area contributed by atoms with Gasteiger partial charge in [0.25, 0.3) is 10.1 Å². The number of rotatable bonds is 21. The monoisotopic (exact) mass is 678 g/mol. The lowest BCUT2D eigenvalue weighted by atomic mass is 10.00. The van der Waals surface area contributed by atoms with Gasteiger partial charge in [-0.3, -0.25) is 19.5 Å². The van der Waals surface area contributed by atoms with Crippen LogP contribution in [0.3, 0.4) is 0 Å². The van der Waals surface area contributed by atoms with Crippen molar-refractivity contribution in [3.8, 4) is 0 Å². The fourth-order valence-corrected chi connectivity index (χ4v) is 5.60. The molecule has 0 spiro atoms. The van der Waals surface area contributed by atoms with Gasteiger partial charge in [-0.15, -0.1) is 0 Å². The number of non-ortho nitro benzene ring substituents is 1. The van der Waals surface area contributed by atoms with Crippen LogP contribution in [0.4, 0.5) is 11.4 Å². The molecule has 6 N–H and O–H groups in total. The predicted octanol–water partition coefficient (Wildman–Crippen LogP) is 1.06. The lowest BCUT2D eigenvalue weighted by Gasteiger charge is -2.40. The summed E-state index contributed by atoms with van der Waals surface area (Å²) in [6.45, 7) is -0.198. The number of anilines is 1. The zero-order chi connectivity index (χ0) is 33.7. The van der Waals surface area contributed by atoms with Gasteiger partial charge in [0, 0.05) is 19.0 Å². The highest BCUT2D eigenvalue weighted by Gasteiger charge is 2.45. The van der Waals surface area contributed by atoms with Crippen LogP contribution in [0.25, 0.3) is 11.0 Å². The second kappa shape index (κ2) is 18.3. The largest absolute Gasteiger partial charge is 0.463 e. The SMILES string of the molecule is O=C(CCCCCCCCCCCNc1ccc([N+](=O)[O-])c2nonc12)OCC(O)CO[C@H]1O[C@H](CS(=O)(=O)O)[C@@H](O)[C@H](O)[C@H]1O. The summed E-state index contributed by atoms with van der Waals surface area (Å²) in [5, 5.41) is 61.5. The molecule has 260 valence electrons. The quantitative estimate of drug-likeness (QED) is 0.0354. The number of carbonyl (C=O) groups excluding carboxylic acids is 1. The molecule has 46 heavy (non-hydrogen) atoms. The number of unbranched alkanes of at least 4 members (excludes halogenated alkanes) is 8. The second-order valence-electron chi connectivity index (χ2n) is 11.1. The van der Waals surface area contributed by atoms with Crippen LogP contribution in [-0.4, -0.2) is 117 Å². The Bertz CT molecular complexity index is 1360. The highest BCUT2D eigenvalue weighted by atomic mass is 32.2. The van der Waals surface area contributed by atoms with E-state index in [2.05, 4.69) is 20.3 Å². The summed E-state index contributed by atoms with van der Waals surface area (Å²) in [6, 6.07) is 2.97. The standard InChI is InChI=1S/C27H42N4O14S/c32-17(15-43-27-26(36)25(35)24(34)20(44-27)16-46(39,40)41)14-42-21(33)10-8-6-4-2-1-3-5-7-9-13-28-18-11-12-19(31(37)38)23-22(18)29-45-30-23/h11-12,17,20,24-28,32,34-36H,1-10,13-16H2,(H,39,40,41)/t17?,20-,24-,25+,26-,27+/m1/s1. The van der Waals surface area contributed by atoms with Crippen LogP contribution in [0.2, 0.25) is 0 Å². The minimum atomic E-state index is -4.56. The number of hydrogen-bond acceptors (Lipinski definition) is 16. The van der Waals surface area contributed by atoms with E-state index >= 15 is 0 Å². The molecule has 0 bridgehead atoms. The van der Waals surface area contributed by atoms with Crippen LogP contribution < -0.4 is 5.32 Å². The third-order valence-electron chi connectivity index (χ3n) is 7.40. The smallest absolute Gasteiger partial charge is 0.305 e. The van der Waals surface area contributed by atoms with Crippen molar-refractivity contribution in [2.75, 3.05) is 30.8 Å². The van der Waals surface area contributed by atoms with Crippen LogP contribution in [0.15, 0.2) is 16.8 Å². The molecule has 1 aromatic heterocycles. The molecule has 1 fully saturated rings. The topological polar surface area (TPSA) is 274 Å². The highest BCUT2D eigenvalue weighted by molar-refractivity contribution is 7.85. The van der Waals surface area contributed by atoms with E-state index in [-0.39, 0.29) is 17.6 Å². The molecule has 2 heterocycles. The number of nitro groups is 1. The van der Waals surface area contributed by atoms with Crippen LogP contribution >= 0.6 is 0 Å². The Kier molecular flexibility index (Phi) is 14.9. The minimum absolute atomic E-state index is 0.116. The van der Waals surface area contributed by atoms with E-state index in [4.69, 9.17) is 18.8 Å². The van der Waals surface area contributed by atoms with Crippen LogP contribution in [0.5, 0.6) is 0 Å². The maximum atomic E-state index is 12.0. The molecule has 0 amide bonds. The van der Waals surface area contributed by atoms with E-state index in [1.54, 1.807) is 6.07 Å². The van der Waals surface area contributed by atoms with Gasteiger partial charge in [0.1, 0.15) is 42.9 Å². The van der Waals surface area contributed by atoms with E-state index in [0.717, 1.165) is 51.4 Å². The Morgan fingerprint density at radius 3 is 2.24 bits per heavy atom. The normalized spacial score (nSPS) is 22.5. The van der Waals surface area contributed by atoms with Gasteiger partial charge < -0.3 is 40.0 Å². The highest BCUT2D eigenvalue weighted by Crippen LogP contribution is 2.29. The molecule has 2 aromatic rings. The van der Waals surface area contributed by atoms with Crippen LogP contribution in [-0.2, 0) is 29.1 Å². The molecule has 1 aliphatic rings. The Balaban J connectivity index is 1.16. The predicted molar refractivity (Wildman–Crippen MR) is 159 cm³/mol. The van der Waals surface area contributed by atoms with Crippen molar-refractivity contribution >= 4 is 38.5 Å². The first-order valence-corrected chi connectivity index (χ1v) is 16.7. The van der Waals surface area contributed by atoms with Crippen molar-refractivity contribution in [1.29, 1.82) is 0 Å². The maximum Gasteiger partial charge on any atom is 0.305 e. The van der Waals surface area contributed by atoms with E-state index in [1.807, 2.05) is 0 Å². The van der Waals surface area contributed by atoms with Gasteiger partial charge in [-0.1, -0.05) is 44.9 Å². The summed E-state index contributed by atoms with van der Waals surface area (Å²) in [5.41, 5.74) is 0.936. The summed E-state index contributed by atoms with van der Waals surface area (Å²) in [6.07, 6.45) is -1.03. The van der Waals surface area contributed by atoms with Crippen molar-refractivity contribution in [3.05, 3.63) is 22.2 Å². The first-order chi connectivity index (χ1) is 21.9. The van der Waals surface area contributed by atoms with Gasteiger partial charge in [0.2, 0.25) is 5.52 Å². The number of hydrogen-bond donors (Lipinski definition) is 6. The van der Waals surface area contributed by atoms with Crippen molar-refractivity contribution in [2.24, 2.45) is 0 Å². The van der Waals surface area contributed by atoms with Crippen LogP contribution in [0, 0.1) is 10.1 Å². The molecule has 0 radical (unpaired) electrons. The maximum absolute atomic E-state index is 12.0. The number of aromatic nitrogens is 2. The summed E-state index contributed by atoms with van der Waals surface area (Å²) >= 11 is 0. The number of benzene rings is 1. The fourth-order valence-electron chi connectivity index (χ4n) is 4.91. The third-order valence-corrected chi connectivity index (χ3v) is 8.15. The molecule has 6 atom stereocenters.